The van der Waals surface area contributed by atoms with Gasteiger partial charge in [-0.25, -0.2) is 4.98 Å². The third-order valence-corrected chi connectivity index (χ3v) is 6.15. The van der Waals surface area contributed by atoms with E-state index in [1.165, 1.54) is 4.90 Å². The molecule has 1 fully saturated rings. The van der Waals surface area contributed by atoms with Gasteiger partial charge in [0, 0.05) is 12.7 Å². The van der Waals surface area contributed by atoms with Gasteiger partial charge in [-0.2, -0.15) is 0 Å². The molecule has 0 aliphatic carbocycles. The molecule has 1 atom stereocenters. The van der Waals surface area contributed by atoms with Crippen LogP contribution in [-0.4, -0.2) is 37.7 Å². The van der Waals surface area contributed by atoms with E-state index in [9.17, 15) is 14.7 Å². The second-order valence-electron chi connectivity index (χ2n) is 8.39. The van der Waals surface area contributed by atoms with E-state index in [4.69, 9.17) is 4.74 Å². The molecule has 2 aromatic heterocycles. The van der Waals surface area contributed by atoms with E-state index < -0.39 is 17.7 Å². The maximum atomic E-state index is 13.4. The summed E-state index contributed by atoms with van der Waals surface area (Å²) in [4.78, 5) is 32.7. The van der Waals surface area contributed by atoms with Gasteiger partial charge in [0.2, 0.25) is 0 Å². The van der Waals surface area contributed by atoms with Gasteiger partial charge in [0.1, 0.15) is 17.1 Å². The molecular weight excluding hydrogens is 442 g/mol. The molecule has 1 unspecified atom stereocenters. The summed E-state index contributed by atoms with van der Waals surface area (Å²) < 4.78 is 7.40. The zero-order valence-corrected chi connectivity index (χ0v) is 19.5. The number of ether oxygens (including phenoxy) is 1. The molecule has 1 aliphatic heterocycles. The minimum atomic E-state index is -0.788. The highest BCUT2D eigenvalue weighted by Gasteiger charge is 2.46. The predicted molar refractivity (Wildman–Crippen MR) is 132 cm³/mol. The van der Waals surface area contributed by atoms with Crippen molar-refractivity contribution in [2.24, 2.45) is 0 Å². The Bertz CT molecular complexity index is 1460. The van der Waals surface area contributed by atoms with Crippen molar-refractivity contribution in [2.45, 2.75) is 26.4 Å². The lowest BCUT2D eigenvalue weighted by molar-refractivity contribution is -0.140. The minimum Gasteiger partial charge on any atom is -0.505 e. The van der Waals surface area contributed by atoms with Crippen LogP contribution in [0.3, 0.4) is 0 Å². The molecule has 1 amide bonds. The molecule has 1 N–H and O–H groups in total. The maximum absolute atomic E-state index is 13.4. The first-order chi connectivity index (χ1) is 17.0. The van der Waals surface area contributed by atoms with Crippen LogP contribution in [0.1, 0.15) is 35.5 Å². The number of aromatic nitrogens is 2. The normalized spacial score (nSPS) is 17.3. The van der Waals surface area contributed by atoms with Crippen LogP contribution in [0.5, 0.6) is 5.75 Å². The van der Waals surface area contributed by atoms with Gasteiger partial charge in [0.05, 0.1) is 23.9 Å². The number of carbonyl (C=O) groups excluding carboxylic acids is 2. The first-order valence-electron chi connectivity index (χ1n) is 11.5. The Hall–Kier alpha value is -4.39. The molecule has 0 spiro atoms. The third kappa shape index (κ3) is 3.95. The number of aryl methyl sites for hydroxylation is 1. The number of rotatable bonds is 6. The van der Waals surface area contributed by atoms with Crippen LogP contribution in [-0.2, 0) is 16.1 Å². The Morgan fingerprint density at radius 3 is 2.57 bits per heavy atom. The number of aliphatic hydroxyl groups excluding tert-OH is 1. The van der Waals surface area contributed by atoms with Crippen molar-refractivity contribution >= 4 is 23.1 Å². The van der Waals surface area contributed by atoms with Crippen LogP contribution in [0.2, 0.25) is 0 Å². The molecule has 3 heterocycles. The first kappa shape index (κ1) is 22.4. The Morgan fingerprint density at radius 2 is 1.80 bits per heavy atom. The van der Waals surface area contributed by atoms with Crippen LogP contribution in [0.25, 0.3) is 11.4 Å². The van der Waals surface area contributed by atoms with Crippen molar-refractivity contribution in [2.75, 3.05) is 6.61 Å². The van der Waals surface area contributed by atoms with Gasteiger partial charge in [-0.15, -0.1) is 0 Å². The topological polar surface area (TPSA) is 84.1 Å². The molecule has 7 nitrogen and oxygen atoms in total. The number of nitrogens with zero attached hydrogens (tertiary/aromatic N) is 3. The molecule has 0 radical (unpaired) electrons. The first-order valence-corrected chi connectivity index (χ1v) is 11.5. The fourth-order valence-electron chi connectivity index (χ4n) is 4.64. The van der Waals surface area contributed by atoms with E-state index in [1.807, 2.05) is 79.7 Å². The summed E-state index contributed by atoms with van der Waals surface area (Å²) in [6.45, 7) is 4.36. The number of carbonyl (C=O) groups is 2. The van der Waals surface area contributed by atoms with Gasteiger partial charge in [-0.05, 0) is 49.2 Å². The summed E-state index contributed by atoms with van der Waals surface area (Å²) in [5, 5.41) is 11.6. The van der Waals surface area contributed by atoms with Gasteiger partial charge in [-0.3, -0.25) is 14.0 Å². The van der Waals surface area contributed by atoms with Crippen molar-refractivity contribution in [1.29, 1.82) is 0 Å². The third-order valence-electron chi connectivity index (χ3n) is 6.15. The summed E-state index contributed by atoms with van der Waals surface area (Å²) in [6, 6.07) is 21.5. The number of amides is 1. The number of hydrogen-bond donors (Lipinski definition) is 1. The summed E-state index contributed by atoms with van der Waals surface area (Å²) in [7, 11) is 0. The van der Waals surface area contributed by atoms with E-state index in [0.717, 1.165) is 5.56 Å². The SMILES string of the molecule is CCOc1cccc(C2/C(=C(\O)c3c(C)nc4ccccn34)C(=O)C(=O)N2Cc2ccccc2)c1. The largest absolute Gasteiger partial charge is 0.505 e. The second kappa shape index (κ2) is 9.10. The molecule has 7 heteroatoms. The minimum absolute atomic E-state index is 0.0355. The molecule has 1 saturated heterocycles. The highest BCUT2D eigenvalue weighted by Crippen LogP contribution is 2.41. The highest BCUT2D eigenvalue weighted by atomic mass is 16.5. The molecule has 176 valence electrons. The Kier molecular flexibility index (Phi) is 5.82. The molecule has 2 aromatic carbocycles. The molecule has 0 saturated carbocycles. The van der Waals surface area contributed by atoms with E-state index in [-0.39, 0.29) is 17.9 Å². The fraction of sp³-hybridized carbons (Fsp3) is 0.179. The number of aliphatic hydroxyl groups is 1. The second-order valence-corrected chi connectivity index (χ2v) is 8.39. The lowest BCUT2D eigenvalue weighted by Crippen LogP contribution is -2.29. The van der Waals surface area contributed by atoms with Crippen LogP contribution in [0, 0.1) is 6.92 Å². The zero-order valence-electron chi connectivity index (χ0n) is 19.5. The van der Waals surface area contributed by atoms with Gasteiger partial charge in [0.25, 0.3) is 11.7 Å². The number of imidazole rings is 1. The maximum Gasteiger partial charge on any atom is 0.295 e. The highest BCUT2D eigenvalue weighted by molar-refractivity contribution is 6.46. The fourth-order valence-corrected chi connectivity index (χ4v) is 4.64. The lowest BCUT2D eigenvalue weighted by Gasteiger charge is -2.26. The standard InChI is InChI=1S/C28H25N3O4/c1-3-35-21-13-9-12-20(16-21)25-23(26(32)24-18(2)29-22-14-7-8-15-30(22)24)27(33)28(34)31(25)17-19-10-5-4-6-11-19/h4-16,25,32H,3,17H2,1-2H3/b26-23+. The van der Waals surface area contributed by atoms with Crippen molar-refractivity contribution < 1.29 is 19.4 Å². The summed E-state index contributed by atoms with van der Waals surface area (Å²) >= 11 is 0. The Morgan fingerprint density at radius 1 is 1.03 bits per heavy atom. The number of ketones is 1. The number of hydrogen-bond acceptors (Lipinski definition) is 5. The van der Waals surface area contributed by atoms with E-state index in [1.54, 1.807) is 17.5 Å². The van der Waals surface area contributed by atoms with Crippen LogP contribution in [0.15, 0.2) is 84.6 Å². The van der Waals surface area contributed by atoms with Crippen molar-refractivity contribution in [3.63, 3.8) is 0 Å². The molecule has 35 heavy (non-hydrogen) atoms. The molecule has 1 aliphatic rings. The molecule has 0 bridgehead atoms. The Labute approximate surface area is 202 Å². The van der Waals surface area contributed by atoms with Gasteiger partial charge in [0.15, 0.2) is 5.76 Å². The van der Waals surface area contributed by atoms with E-state index in [0.29, 0.717) is 35.0 Å². The number of fused-ring (bicyclic) bond motifs is 1. The Balaban J connectivity index is 1.71. The average Bonchev–Trinajstić information content (AvgIpc) is 3.33. The van der Waals surface area contributed by atoms with Gasteiger partial charge in [-0.1, -0.05) is 48.5 Å². The van der Waals surface area contributed by atoms with Crippen molar-refractivity contribution in [1.82, 2.24) is 14.3 Å². The predicted octanol–water partition coefficient (Wildman–Crippen LogP) is 4.66. The quantitative estimate of drug-likeness (QED) is 0.253. The molecule has 5 rings (SSSR count). The smallest absolute Gasteiger partial charge is 0.295 e. The average molecular weight is 468 g/mol. The lowest BCUT2D eigenvalue weighted by atomic mass is 9.96. The summed E-state index contributed by atoms with van der Waals surface area (Å²) in [5.41, 5.74) is 3.19. The van der Waals surface area contributed by atoms with Crippen LogP contribution < -0.4 is 4.74 Å². The monoisotopic (exact) mass is 467 g/mol. The van der Waals surface area contributed by atoms with Crippen molar-refractivity contribution in [3.8, 4) is 5.75 Å². The molecule has 4 aromatic rings. The van der Waals surface area contributed by atoms with Crippen LogP contribution in [0.4, 0.5) is 0 Å². The van der Waals surface area contributed by atoms with E-state index in [2.05, 4.69) is 4.98 Å². The summed E-state index contributed by atoms with van der Waals surface area (Å²) in [6.07, 6.45) is 1.77. The van der Waals surface area contributed by atoms with Crippen LogP contribution >= 0.6 is 0 Å². The summed E-state index contributed by atoms with van der Waals surface area (Å²) in [5.74, 6) is -1.01. The number of benzene rings is 2. The zero-order chi connectivity index (χ0) is 24.5. The van der Waals surface area contributed by atoms with E-state index >= 15 is 0 Å². The number of likely N-dealkylation sites (tertiary alicyclic amines) is 1. The number of Topliss-reactive ketones (excluding diaryl/α,β-unsaturated/α-hetero) is 1. The number of pyridine rings is 1. The van der Waals surface area contributed by atoms with Gasteiger partial charge >= 0.3 is 0 Å². The van der Waals surface area contributed by atoms with Gasteiger partial charge < -0.3 is 14.7 Å². The molecular formula is C28H25N3O4. The van der Waals surface area contributed by atoms with Crippen molar-refractivity contribution in [3.05, 3.63) is 107 Å².